The number of piperazine rings is 1. The normalized spacial score (nSPS) is 20.7. The van der Waals surface area contributed by atoms with E-state index in [1.54, 1.807) is 6.92 Å². The van der Waals surface area contributed by atoms with E-state index in [-0.39, 0.29) is 11.5 Å². The van der Waals surface area contributed by atoms with E-state index in [4.69, 9.17) is 5.73 Å². The molecule has 1 aromatic rings. The Kier molecular flexibility index (Phi) is 4.00. The zero-order valence-electron chi connectivity index (χ0n) is 11.2. The number of benzene rings is 1. The Balaban J connectivity index is 2.08. The maximum Gasteiger partial charge on any atom is 0.126 e. The third-order valence-corrected chi connectivity index (χ3v) is 3.62. The van der Waals surface area contributed by atoms with Gasteiger partial charge >= 0.3 is 0 Å². The Morgan fingerprint density at radius 2 is 2.06 bits per heavy atom. The summed E-state index contributed by atoms with van der Waals surface area (Å²) in [5.41, 5.74) is 7.83. The summed E-state index contributed by atoms with van der Waals surface area (Å²) in [6.45, 7) is 7.74. The van der Waals surface area contributed by atoms with Crippen molar-refractivity contribution in [3.8, 4) is 0 Å². The molecule has 3 nitrogen and oxygen atoms in total. The van der Waals surface area contributed by atoms with Crippen molar-refractivity contribution < 1.29 is 4.39 Å². The van der Waals surface area contributed by atoms with Crippen LogP contribution < -0.4 is 11.1 Å². The van der Waals surface area contributed by atoms with Crippen molar-refractivity contribution in [1.29, 1.82) is 0 Å². The largest absolute Gasteiger partial charge is 0.314 e. The fourth-order valence-electron chi connectivity index (χ4n) is 2.52. The highest BCUT2D eigenvalue weighted by Gasteiger charge is 2.28. The number of hydrogen-bond donors (Lipinski definition) is 2. The smallest absolute Gasteiger partial charge is 0.126 e. The van der Waals surface area contributed by atoms with Gasteiger partial charge in [-0.2, -0.15) is 0 Å². The van der Waals surface area contributed by atoms with Crippen LogP contribution in [-0.4, -0.2) is 36.7 Å². The van der Waals surface area contributed by atoms with Crippen molar-refractivity contribution >= 4 is 0 Å². The molecule has 4 heteroatoms. The molecule has 1 aromatic carbocycles. The molecule has 1 heterocycles. The lowest BCUT2D eigenvalue weighted by Gasteiger charge is -2.41. The maximum absolute atomic E-state index is 13.2. The van der Waals surface area contributed by atoms with Crippen LogP contribution in [0.2, 0.25) is 0 Å². The van der Waals surface area contributed by atoms with Crippen LogP contribution in [0.3, 0.4) is 0 Å². The van der Waals surface area contributed by atoms with Crippen molar-refractivity contribution in [2.75, 3.05) is 26.2 Å². The minimum Gasteiger partial charge on any atom is -0.314 e. The van der Waals surface area contributed by atoms with E-state index in [9.17, 15) is 4.39 Å². The Morgan fingerprint density at radius 1 is 1.39 bits per heavy atom. The number of aryl methyl sites for hydroxylation is 1. The van der Waals surface area contributed by atoms with Crippen LogP contribution in [0.1, 0.15) is 18.1 Å². The standard InChI is InChI=1S/C14H22FN3/c1-11-9-12(3-4-13(11)15)10-14(2,16)18-7-5-17-6-8-18/h3-4,9,17H,5-8,10,16H2,1-2H3. The fraction of sp³-hybridized carbons (Fsp3) is 0.571. The van der Waals surface area contributed by atoms with E-state index >= 15 is 0 Å². The maximum atomic E-state index is 13.2. The summed E-state index contributed by atoms with van der Waals surface area (Å²) in [4.78, 5) is 2.29. The number of nitrogens with one attached hydrogen (secondary N) is 1. The van der Waals surface area contributed by atoms with Crippen molar-refractivity contribution in [3.05, 3.63) is 35.1 Å². The van der Waals surface area contributed by atoms with Gasteiger partial charge in [0.2, 0.25) is 0 Å². The van der Waals surface area contributed by atoms with Gasteiger partial charge in [-0.1, -0.05) is 12.1 Å². The highest BCUT2D eigenvalue weighted by atomic mass is 19.1. The Labute approximate surface area is 108 Å². The second-order valence-electron chi connectivity index (χ2n) is 5.35. The van der Waals surface area contributed by atoms with Crippen molar-refractivity contribution in [2.45, 2.75) is 25.9 Å². The Bertz CT molecular complexity index is 412. The molecule has 3 N–H and O–H groups in total. The molecule has 0 radical (unpaired) electrons. The molecule has 0 spiro atoms. The average molecular weight is 251 g/mol. The van der Waals surface area contributed by atoms with Crippen LogP contribution in [0.25, 0.3) is 0 Å². The monoisotopic (exact) mass is 251 g/mol. The van der Waals surface area contributed by atoms with E-state index in [1.807, 2.05) is 12.1 Å². The van der Waals surface area contributed by atoms with Gasteiger partial charge in [-0.3, -0.25) is 4.90 Å². The van der Waals surface area contributed by atoms with E-state index in [0.29, 0.717) is 5.56 Å². The summed E-state index contributed by atoms with van der Waals surface area (Å²) < 4.78 is 13.2. The SMILES string of the molecule is Cc1cc(CC(C)(N)N2CCNCC2)ccc1F. The Hall–Kier alpha value is -0.970. The first-order valence-corrected chi connectivity index (χ1v) is 6.49. The molecule has 1 unspecified atom stereocenters. The molecule has 1 aliphatic rings. The van der Waals surface area contributed by atoms with E-state index < -0.39 is 0 Å². The molecule has 0 saturated carbocycles. The predicted molar refractivity (Wildman–Crippen MR) is 71.9 cm³/mol. The topological polar surface area (TPSA) is 41.3 Å². The van der Waals surface area contributed by atoms with Gasteiger partial charge in [-0.25, -0.2) is 4.39 Å². The molecule has 100 valence electrons. The molecular formula is C14H22FN3. The van der Waals surface area contributed by atoms with E-state index in [1.165, 1.54) is 6.07 Å². The Morgan fingerprint density at radius 3 is 2.67 bits per heavy atom. The van der Waals surface area contributed by atoms with Crippen molar-refractivity contribution in [2.24, 2.45) is 5.73 Å². The summed E-state index contributed by atoms with van der Waals surface area (Å²) in [5, 5.41) is 3.32. The zero-order valence-corrected chi connectivity index (χ0v) is 11.2. The third kappa shape index (κ3) is 3.07. The van der Waals surface area contributed by atoms with Gasteiger partial charge in [-0.05, 0) is 31.0 Å². The summed E-state index contributed by atoms with van der Waals surface area (Å²) >= 11 is 0. The lowest BCUT2D eigenvalue weighted by Crippen LogP contribution is -2.60. The highest BCUT2D eigenvalue weighted by Crippen LogP contribution is 2.18. The molecule has 18 heavy (non-hydrogen) atoms. The van der Waals surface area contributed by atoms with Crippen LogP contribution in [0, 0.1) is 12.7 Å². The van der Waals surface area contributed by atoms with Crippen molar-refractivity contribution in [1.82, 2.24) is 10.2 Å². The molecule has 1 saturated heterocycles. The first-order chi connectivity index (χ1) is 8.49. The van der Waals surface area contributed by atoms with Crippen LogP contribution in [-0.2, 0) is 6.42 Å². The molecule has 0 amide bonds. The van der Waals surface area contributed by atoms with Gasteiger partial charge in [0, 0.05) is 32.6 Å². The van der Waals surface area contributed by atoms with Gasteiger partial charge in [-0.15, -0.1) is 0 Å². The number of rotatable bonds is 3. The highest BCUT2D eigenvalue weighted by molar-refractivity contribution is 5.25. The third-order valence-electron chi connectivity index (χ3n) is 3.62. The number of halogens is 1. The van der Waals surface area contributed by atoms with Gasteiger partial charge < -0.3 is 11.1 Å². The van der Waals surface area contributed by atoms with Gasteiger partial charge in [0.15, 0.2) is 0 Å². The number of nitrogens with zero attached hydrogens (tertiary/aromatic N) is 1. The number of nitrogens with two attached hydrogens (primary N) is 1. The quantitative estimate of drug-likeness (QED) is 0.849. The first kappa shape index (κ1) is 13.5. The lowest BCUT2D eigenvalue weighted by atomic mass is 9.98. The lowest BCUT2D eigenvalue weighted by molar-refractivity contribution is 0.0932. The van der Waals surface area contributed by atoms with E-state index in [2.05, 4.69) is 17.1 Å². The van der Waals surface area contributed by atoms with Crippen LogP contribution in [0.4, 0.5) is 4.39 Å². The van der Waals surface area contributed by atoms with Gasteiger partial charge in [0.1, 0.15) is 5.82 Å². The van der Waals surface area contributed by atoms with E-state index in [0.717, 1.165) is 38.2 Å². The second-order valence-corrected chi connectivity index (χ2v) is 5.35. The average Bonchev–Trinajstić information content (AvgIpc) is 2.35. The van der Waals surface area contributed by atoms with Crippen molar-refractivity contribution in [3.63, 3.8) is 0 Å². The van der Waals surface area contributed by atoms with Crippen LogP contribution in [0.15, 0.2) is 18.2 Å². The molecule has 1 fully saturated rings. The molecule has 0 bridgehead atoms. The minimum absolute atomic E-state index is 0.153. The summed E-state index contributed by atoms with van der Waals surface area (Å²) in [6.07, 6.45) is 0.744. The van der Waals surface area contributed by atoms with Crippen LogP contribution >= 0.6 is 0 Å². The molecule has 0 aliphatic carbocycles. The summed E-state index contributed by atoms with van der Waals surface area (Å²) in [7, 11) is 0. The predicted octanol–water partition coefficient (Wildman–Crippen LogP) is 1.26. The molecule has 0 aromatic heterocycles. The summed E-state index contributed by atoms with van der Waals surface area (Å²) in [6, 6.07) is 5.25. The molecular weight excluding hydrogens is 229 g/mol. The number of hydrogen-bond acceptors (Lipinski definition) is 3. The van der Waals surface area contributed by atoms with Gasteiger partial charge in [0.05, 0.1) is 5.66 Å². The zero-order chi connectivity index (χ0) is 13.2. The first-order valence-electron chi connectivity index (χ1n) is 6.49. The van der Waals surface area contributed by atoms with Crippen LogP contribution in [0.5, 0.6) is 0 Å². The second kappa shape index (κ2) is 5.34. The fourth-order valence-corrected chi connectivity index (χ4v) is 2.52. The molecule has 1 atom stereocenters. The molecule has 2 rings (SSSR count). The molecule has 1 aliphatic heterocycles. The summed E-state index contributed by atoms with van der Waals surface area (Å²) in [5.74, 6) is -0.153. The van der Waals surface area contributed by atoms with Gasteiger partial charge in [0.25, 0.3) is 0 Å². The minimum atomic E-state index is -0.369.